The molecule has 0 aromatic carbocycles. The summed E-state index contributed by atoms with van der Waals surface area (Å²) in [6.45, 7) is 4.52. The first-order chi connectivity index (χ1) is 8.94. The van der Waals surface area contributed by atoms with Crippen molar-refractivity contribution >= 4 is 11.9 Å². The highest BCUT2D eigenvalue weighted by Gasteiger charge is 2.46. The number of nitrogens with zero attached hydrogens (tertiary/aromatic N) is 1. The maximum atomic E-state index is 12.7. The Kier molecular flexibility index (Phi) is 4.71. The molecule has 116 valence electrons. The van der Waals surface area contributed by atoms with E-state index in [0.29, 0.717) is 0 Å². The predicted octanol–water partition coefficient (Wildman–Crippen LogP) is 2.53. The number of halogens is 3. The molecule has 0 aliphatic carbocycles. The number of rotatable bonds is 2. The van der Waals surface area contributed by atoms with Gasteiger partial charge in [0.1, 0.15) is 5.92 Å². The van der Waals surface area contributed by atoms with Gasteiger partial charge in [-0.2, -0.15) is 13.2 Å². The molecule has 4 nitrogen and oxygen atoms in total. The van der Waals surface area contributed by atoms with Crippen molar-refractivity contribution in [1.82, 2.24) is 4.90 Å². The highest BCUT2D eigenvalue weighted by atomic mass is 19.4. The molecule has 20 heavy (non-hydrogen) atoms. The van der Waals surface area contributed by atoms with Gasteiger partial charge in [-0.05, 0) is 18.3 Å². The summed E-state index contributed by atoms with van der Waals surface area (Å²) >= 11 is 0. The molecule has 2 atom stereocenters. The summed E-state index contributed by atoms with van der Waals surface area (Å²) in [5.41, 5.74) is -0.839. The molecule has 1 fully saturated rings. The molecule has 1 rings (SSSR count). The highest BCUT2D eigenvalue weighted by molar-refractivity contribution is 5.97. The average Bonchev–Trinajstić information content (AvgIpc) is 2.25. The largest absolute Gasteiger partial charge is 0.481 e. The van der Waals surface area contributed by atoms with Gasteiger partial charge in [-0.3, -0.25) is 9.59 Å². The number of carbonyl (C=O) groups is 2. The first kappa shape index (κ1) is 16.8. The molecule has 0 aromatic rings. The third-order valence-corrected chi connectivity index (χ3v) is 3.56. The number of alkyl halides is 3. The molecule has 1 amide bonds. The quantitative estimate of drug-likeness (QED) is 0.796. The van der Waals surface area contributed by atoms with E-state index < -0.39 is 41.8 Å². The van der Waals surface area contributed by atoms with Crippen LogP contribution in [0.25, 0.3) is 0 Å². The number of hydrogen-bond donors (Lipinski definition) is 1. The lowest BCUT2D eigenvalue weighted by atomic mass is 9.79. The number of likely N-dealkylation sites (tertiary alicyclic amines) is 1. The second kappa shape index (κ2) is 5.61. The second-order valence-electron chi connectivity index (χ2n) is 6.30. The maximum absolute atomic E-state index is 12.7. The van der Waals surface area contributed by atoms with E-state index >= 15 is 0 Å². The lowest BCUT2D eigenvalue weighted by Gasteiger charge is -2.37. The standard InChI is InChI=1S/C13H20F3NO3/c1-12(2,3)9(11(19)20)10(18)17-6-4-5-8(7-17)13(14,15)16/h8-9H,4-7H2,1-3H3,(H,19,20). The molecule has 2 unspecified atom stereocenters. The average molecular weight is 295 g/mol. The summed E-state index contributed by atoms with van der Waals surface area (Å²) in [5.74, 6) is -4.90. The van der Waals surface area contributed by atoms with E-state index in [1.807, 2.05) is 0 Å². The van der Waals surface area contributed by atoms with Crippen LogP contribution in [0.4, 0.5) is 13.2 Å². The Hall–Kier alpha value is -1.27. The van der Waals surface area contributed by atoms with E-state index in [1.54, 1.807) is 20.8 Å². The van der Waals surface area contributed by atoms with Crippen LogP contribution in [0.2, 0.25) is 0 Å². The van der Waals surface area contributed by atoms with Crippen LogP contribution in [-0.4, -0.2) is 41.1 Å². The predicted molar refractivity (Wildman–Crippen MR) is 65.9 cm³/mol. The van der Waals surface area contributed by atoms with Crippen LogP contribution in [0.1, 0.15) is 33.6 Å². The van der Waals surface area contributed by atoms with Crippen LogP contribution >= 0.6 is 0 Å². The Morgan fingerprint density at radius 3 is 2.20 bits per heavy atom. The maximum Gasteiger partial charge on any atom is 0.393 e. The van der Waals surface area contributed by atoms with Gasteiger partial charge < -0.3 is 10.0 Å². The zero-order valence-electron chi connectivity index (χ0n) is 11.8. The molecule has 0 spiro atoms. The minimum atomic E-state index is -4.35. The van der Waals surface area contributed by atoms with E-state index in [2.05, 4.69) is 0 Å². The number of aliphatic carboxylic acids is 1. The van der Waals surface area contributed by atoms with E-state index in [0.717, 1.165) is 4.90 Å². The van der Waals surface area contributed by atoms with E-state index in [9.17, 15) is 22.8 Å². The lowest BCUT2D eigenvalue weighted by Crippen LogP contribution is -2.50. The SMILES string of the molecule is CC(C)(C)C(C(=O)O)C(=O)N1CCCC(C(F)(F)F)C1. The van der Waals surface area contributed by atoms with Crippen molar-refractivity contribution in [2.24, 2.45) is 17.3 Å². The van der Waals surface area contributed by atoms with Crippen LogP contribution in [0.3, 0.4) is 0 Å². The van der Waals surface area contributed by atoms with Crippen molar-refractivity contribution in [1.29, 1.82) is 0 Å². The number of carboxylic acid groups (broad SMARTS) is 1. The third-order valence-electron chi connectivity index (χ3n) is 3.56. The van der Waals surface area contributed by atoms with Crippen molar-refractivity contribution in [3.8, 4) is 0 Å². The van der Waals surface area contributed by atoms with Crippen LogP contribution in [0.5, 0.6) is 0 Å². The van der Waals surface area contributed by atoms with E-state index in [4.69, 9.17) is 5.11 Å². The Morgan fingerprint density at radius 2 is 1.80 bits per heavy atom. The molecule has 7 heteroatoms. The molecule has 1 aliphatic rings. The van der Waals surface area contributed by atoms with Crippen LogP contribution < -0.4 is 0 Å². The van der Waals surface area contributed by atoms with Crippen LogP contribution in [-0.2, 0) is 9.59 Å². The normalized spacial score (nSPS) is 22.5. The molecular formula is C13H20F3NO3. The summed E-state index contributed by atoms with van der Waals surface area (Å²) in [6.07, 6.45) is -4.12. The molecule has 0 saturated carbocycles. The number of amides is 1. The Labute approximate surface area is 115 Å². The van der Waals surface area contributed by atoms with Crippen molar-refractivity contribution in [2.45, 2.75) is 39.8 Å². The topological polar surface area (TPSA) is 57.6 Å². The molecule has 1 saturated heterocycles. The minimum absolute atomic E-state index is 0.0134. The van der Waals surface area contributed by atoms with E-state index in [-0.39, 0.29) is 19.4 Å². The first-order valence-electron chi connectivity index (χ1n) is 6.53. The molecular weight excluding hydrogens is 275 g/mol. The molecule has 1 N–H and O–H groups in total. The van der Waals surface area contributed by atoms with Gasteiger partial charge in [0.15, 0.2) is 0 Å². The number of carboxylic acids is 1. The summed E-state index contributed by atoms with van der Waals surface area (Å²) < 4.78 is 38.2. The molecule has 0 radical (unpaired) electrons. The lowest BCUT2D eigenvalue weighted by molar-refractivity contribution is -0.189. The number of piperidine rings is 1. The highest BCUT2D eigenvalue weighted by Crippen LogP contribution is 2.35. The van der Waals surface area contributed by atoms with Crippen molar-refractivity contribution in [2.75, 3.05) is 13.1 Å². The van der Waals surface area contributed by atoms with Crippen molar-refractivity contribution < 1.29 is 27.9 Å². The number of carbonyl (C=O) groups excluding carboxylic acids is 1. The van der Waals surface area contributed by atoms with Gasteiger partial charge in [0.2, 0.25) is 5.91 Å². The second-order valence-corrected chi connectivity index (χ2v) is 6.30. The third kappa shape index (κ3) is 3.86. The van der Waals surface area contributed by atoms with E-state index in [1.165, 1.54) is 0 Å². The van der Waals surface area contributed by atoms with Gasteiger partial charge in [0, 0.05) is 13.1 Å². The minimum Gasteiger partial charge on any atom is -0.481 e. The molecule has 0 bridgehead atoms. The van der Waals surface area contributed by atoms with Gasteiger partial charge >= 0.3 is 12.1 Å². The van der Waals surface area contributed by atoms with Crippen molar-refractivity contribution in [3.63, 3.8) is 0 Å². The van der Waals surface area contributed by atoms with Crippen LogP contribution in [0, 0.1) is 17.3 Å². The monoisotopic (exact) mass is 295 g/mol. The summed E-state index contributed by atoms with van der Waals surface area (Å²) in [5, 5.41) is 9.17. The zero-order valence-corrected chi connectivity index (χ0v) is 11.8. The van der Waals surface area contributed by atoms with Gasteiger partial charge in [-0.25, -0.2) is 0 Å². The Bertz CT molecular complexity index is 387. The fourth-order valence-electron chi connectivity index (χ4n) is 2.47. The summed E-state index contributed by atoms with van der Waals surface area (Å²) in [4.78, 5) is 24.5. The Balaban J connectivity index is 2.88. The number of hydrogen-bond acceptors (Lipinski definition) is 2. The van der Waals surface area contributed by atoms with Crippen LogP contribution in [0.15, 0.2) is 0 Å². The summed E-state index contributed by atoms with van der Waals surface area (Å²) in [6, 6.07) is 0. The van der Waals surface area contributed by atoms with Crippen molar-refractivity contribution in [3.05, 3.63) is 0 Å². The molecule has 1 aliphatic heterocycles. The van der Waals surface area contributed by atoms with Gasteiger partial charge in [-0.15, -0.1) is 0 Å². The first-order valence-corrected chi connectivity index (χ1v) is 6.53. The van der Waals surface area contributed by atoms with Gasteiger partial charge in [0.05, 0.1) is 5.92 Å². The van der Waals surface area contributed by atoms with Gasteiger partial charge in [0.25, 0.3) is 0 Å². The molecule has 0 aromatic heterocycles. The van der Waals surface area contributed by atoms with Gasteiger partial charge in [-0.1, -0.05) is 20.8 Å². The summed E-state index contributed by atoms with van der Waals surface area (Å²) in [7, 11) is 0. The molecule has 1 heterocycles. The zero-order chi connectivity index (χ0) is 15.7. The Morgan fingerprint density at radius 1 is 1.25 bits per heavy atom. The fourth-order valence-corrected chi connectivity index (χ4v) is 2.47. The smallest absolute Gasteiger partial charge is 0.393 e. The fraction of sp³-hybridized carbons (Fsp3) is 0.846.